The summed E-state index contributed by atoms with van der Waals surface area (Å²) >= 11 is 0. The lowest BCUT2D eigenvalue weighted by Gasteiger charge is -2.36. The molecule has 6 heteroatoms. The summed E-state index contributed by atoms with van der Waals surface area (Å²) in [6.07, 6.45) is 4.89. The van der Waals surface area contributed by atoms with Gasteiger partial charge in [-0.2, -0.15) is 0 Å². The molecule has 0 radical (unpaired) electrons. The van der Waals surface area contributed by atoms with Crippen LogP contribution >= 0.6 is 24.8 Å². The van der Waals surface area contributed by atoms with E-state index in [0.717, 1.165) is 45.2 Å². The molecule has 2 fully saturated rings. The molecule has 3 N–H and O–H groups in total. The molecule has 3 rings (SSSR count). The van der Waals surface area contributed by atoms with E-state index in [1.165, 1.54) is 5.56 Å². The first-order valence-corrected chi connectivity index (χ1v) is 8.98. The van der Waals surface area contributed by atoms with Crippen molar-refractivity contribution in [2.24, 2.45) is 11.7 Å². The Hall–Kier alpha value is -0.810. The molecule has 4 nitrogen and oxygen atoms in total. The summed E-state index contributed by atoms with van der Waals surface area (Å²) in [4.78, 5) is 14.8. The molecule has 0 spiro atoms. The number of benzene rings is 1. The van der Waals surface area contributed by atoms with Gasteiger partial charge in [0.25, 0.3) is 0 Å². The van der Waals surface area contributed by atoms with Gasteiger partial charge in [-0.1, -0.05) is 30.3 Å². The highest BCUT2D eigenvalue weighted by Gasteiger charge is 2.30. The maximum absolute atomic E-state index is 12.3. The number of hydrogen-bond donors (Lipinski definition) is 2. The Morgan fingerprint density at radius 1 is 1.12 bits per heavy atom. The van der Waals surface area contributed by atoms with E-state index in [0.29, 0.717) is 12.1 Å². The third-order valence-electron chi connectivity index (χ3n) is 5.55. The van der Waals surface area contributed by atoms with Crippen LogP contribution in [0.15, 0.2) is 30.3 Å². The van der Waals surface area contributed by atoms with Crippen molar-refractivity contribution in [3.05, 3.63) is 35.9 Å². The number of carbonyl (C=O) groups is 1. The third-order valence-corrected chi connectivity index (χ3v) is 5.55. The van der Waals surface area contributed by atoms with Crippen LogP contribution in [-0.2, 0) is 4.79 Å². The molecule has 3 atom stereocenters. The van der Waals surface area contributed by atoms with Crippen LogP contribution in [0.1, 0.15) is 50.6 Å². The summed E-state index contributed by atoms with van der Waals surface area (Å²) in [6, 6.07) is 11.7. The molecule has 1 saturated carbocycles. The van der Waals surface area contributed by atoms with Gasteiger partial charge in [-0.15, -0.1) is 24.8 Å². The molecule has 0 bridgehead atoms. The van der Waals surface area contributed by atoms with E-state index in [1.807, 2.05) is 0 Å². The molecule has 25 heavy (non-hydrogen) atoms. The fourth-order valence-corrected chi connectivity index (χ4v) is 3.95. The van der Waals surface area contributed by atoms with Crippen molar-refractivity contribution in [2.45, 2.75) is 57.2 Å². The summed E-state index contributed by atoms with van der Waals surface area (Å²) in [6.45, 7) is 4.37. The van der Waals surface area contributed by atoms with E-state index in [2.05, 4.69) is 47.5 Å². The van der Waals surface area contributed by atoms with E-state index < -0.39 is 0 Å². The Morgan fingerprint density at radius 3 is 2.32 bits per heavy atom. The van der Waals surface area contributed by atoms with Crippen molar-refractivity contribution in [3.63, 3.8) is 0 Å². The quantitative estimate of drug-likeness (QED) is 0.832. The van der Waals surface area contributed by atoms with Crippen LogP contribution in [0.5, 0.6) is 0 Å². The standard InChI is InChI=1S/C19H29N3O.2ClH/c1-14(15-5-3-2-4-6-15)22-11-9-18(10-12-22)21-19(23)16-7-8-17(20)13-16;;/h2-6,14,16-18H,7-13,20H2,1H3,(H,21,23);2*1H. The number of nitrogens with zero attached hydrogens (tertiary/aromatic N) is 1. The second-order valence-corrected chi connectivity index (χ2v) is 7.18. The Kier molecular flexibility index (Phi) is 9.22. The summed E-state index contributed by atoms with van der Waals surface area (Å²) in [5, 5.41) is 3.26. The highest BCUT2D eigenvalue weighted by molar-refractivity contribution is 5.85. The van der Waals surface area contributed by atoms with Crippen molar-refractivity contribution < 1.29 is 4.79 Å². The predicted octanol–water partition coefficient (Wildman–Crippen LogP) is 3.30. The number of likely N-dealkylation sites (tertiary alicyclic amines) is 1. The Labute approximate surface area is 163 Å². The van der Waals surface area contributed by atoms with Crippen LogP contribution in [0, 0.1) is 5.92 Å². The van der Waals surface area contributed by atoms with Gasteiger partial charge >= 0.3 is 0 Å². The van der Waals surface area contributed by atoms with Crippen molar-refractivity contribution in [2.75, 3.05) is 13.1 Å². The molecular formula is C19H31Cl2N3O. The van der Waals surface area contributed by atoms with Crippen molar-refractivity contribution >= 4 is 30.7 Å². The molecule has 142 valence electrons. The Bertz CT molecular complexity index is 521. The molecule has 1 aromatic rings. The fraction of sp³-hybridized carbons (Fsp3) is 0.632. The smallest absolute Gasteiger partial charge is 0.223 e. The average molecular weight is 388 g/mol. The van der Waals surface area contributed by atoms with E-state index in [1.54, 1.807) is 0 Å². The van der Waals surface area contributed by atoms with Gasteiger partial charge in [-0.05, 0) is 44.6 Å². The number of carbonyl (C=O) groups excluding carboxylic acids is 1. The van der Waals surface area contributed by atoms with Crippen LogP contribution in [0.3, 0.4) is 0 Å². The Morgan fingerprint density at radius 2 is 1.76 bits per heavy atom. The van der Waals surface area contributed by atoms with Gasteiger partial charge < -0.3 is 11.1 Å². The van der Waals surface area contributed by atoms with E-state index in [9.17, 15) is 4.79 Å². The van der Waals surface area contributed by atoms with E-state index in [4.69, 9.17) is 5.73 Å². The fourth-order valence-electron chi connectivity index (χ4n) is 3.95. The lowest BCUT2D eigenvalue weighted by atomic mass is 9.99. The first-order valence-electron chi connectivity index (χ1n) is 8.98. The second kappa shape index (κ2) is 10.4. The minimum Gasteiger partial charge on any atom is -0.353 e. The van der Waals surface area contributed by atoms with Crippen LogP contribution in [0.25, 0.3) is 0 Å². The highest BCUT2D eigenvalue weighted by Crippen LogP contribution is 2.26. The summed E-state index contributed by atoms with van der Waals surface area (Å²) in [5.74, 6) is 0.374. The molecule has 1 aliphatic carbocycles. The highest BCUT2D eigenvalue weighted by atomic mass is 35.5. The minimum absolute atomic E-state index is 0. The molecule has 1 aromatic carbocycles. The van der Waals surface area contributed by atoms with Gasteiger partial charge in [0, 0.05) is 37.1 Å². The summed E-state index contributed by atoms with van der Waals surface area (Å²) in [5.41, 5.74) is 7.29. The molecule has 2 aliphatic rings. The predicted molar refractivity (Wildman–Crippen MR) is 107 cm³/mol. The summed E-state index contributed by atoms with van der Waals surface area (Å²) in [7, 11) is 0. The number of rotatable bonds is 4. The van der Waals surface area contributed by atoms with E-state index in [-0.39, 0.29) is 42.7 Å². The van der Waals surface area contributed by atoms with E-state index >= 15 is 0 Å². The second-order valence-electron chi connectivity index (χ2n) is 7.18. The number of piperidine rings is 1. The largest absolute Gasteiger partial charge is 0.353 e. The van der Waals surface area contributed by atoms with Gasteiger partial charge in [-0.3, -0.25) is 9.69 Å². The number of amides is 1. The molecule has 0 aromatic heterocycles. The summed E-state index contributed by atoms with van der Waals surface area (Å²) < 4.78 is 0. The normalized spacial score (nSPS) is 25.5. The molecule has 1 aliphatic heterocycles. The molecule has 1 saturated heterocycles. The zero-order valence-corrected chi connectivity index (χ0v) is 16.5. The third kappa shape index (κ3) is 5.85. The SMILES string of the molecule is CC(c1ccccc1)N1CCC(NC(=O)C2CCC(N)C2)CC1.Cl.Cl. The molecular weight excluding hydrogens is 357 g/mol. The average Bonchev–Trinajstić information content (AvgIpc) is 3.02. The van der Waals surface area contributed by atoms with Crippen LogP contribution < -0.4 is 11.1 Å². The maximum atomic E-state index is 12.3. The van der Waals surface area contributed by atoms with Gasteiger partial charge in [-0.25, -0.2) is 0 Å². The Balaban J connectivity index is 0.00000156. The first kappa shape index (κ1) is 22.2. The van der Waals surface area contributed by atoms with Crippen molar-refractivity contribution in [1.82, 2.24) is 10.2 Å². The molecule has 1 heterocycles. The lowest BCUT2D eigenvalue weighted by molar-refractivity contribution is -0.125. The van der Waals surface area contributed by atoms with Crippen LogP contribution in [-0.4, -0.2) is 36.0 Å². The first-order chi connectivity index (χ1) is 11.1. The topological polar surface area (TPSA) is 58.4 Å². The molecule has 3 unspecified atom stereocenters. The van der Waals surface area contributed by atoms with Crippen LogP contribution in [0.4, 0.5) is 0 Å². The molecule has 1 amide bonds. The van der Waals surface area contributed by atoms with Gasteiger partial charge in [0.15, 0.2) is 0 Å². The van der Waals surface area contributed by atoms with Gasteiger partial charge in [0.1, 0.15) is 0 Å². The van der Waals surface area contributed by atoms with Gasteiger partial charge in [0.05, 0.1) is 0 Å². The zero-order chi connectivity index (χ0) is 16.2. The van der Waals surface area contributed by atoms with Crippen molar-refractivity contribution in [1.29, 1.82) is 0 Å². The number of halogens is 2. The zero-order valence-electron chi connectivity index (χ0n) is 14.9. The maximum Gasteiger partial charge on any atom is 0.223 e. The minimum atomic E-state index is 0. The lowest BCUT2D eigenvalue weighted by Crippen LogP contribution is -2.46. The van der Waals surface area contributed by atoms with Crippen molar-refractivity contribution in [3.8, 4) is 0 Å². The monoisotopic (exact) mass is 387 g/mol. The van der Waals surface area contributed by atoms with Gasteiger partial charge in [0.2, 0.25) is 5.91 Å². The number of nitrogens with two attached hydrogens (primary N) is 1. The number of hydrogen-bond acceptors (Lipinski definition) is 3. The van der Waals surface area contributed by atoms with Crippen LogP contribution in [0.2, 0.25) is 0 Å². The number of nitrogens with one attached hydrogen (secondary N) is 1.